The van der Waals surface area contributed by atoms with E-state index in [4.69, 9.17) is 5.11 Å². The summed E-state index contributed by atoms with van der Waals surface area (Å²) in [5.41, 5.74) is 2.94. The molecule has 2 aromatic carbocycles. The summed E-state index contributed by atoms with van der Waals surface area (Å²) in [7, 11) is 0. The first-order valence-corrected chi connectivity index (χ1v) is 9.72. The molecule has 0 aliphatic rings. The Bertz CT molecular complexity index is 982. The Balaban J connectivity index is 1.74. The Labute approximate surface area is 166 Å². The van der Waals surface area contributed by atoms with Gasteiger partial charge >= 0.3 is 5.97 Å². The largest absolute Gasteiger partial charge is 0.478 e. The molecule has 0 bridgehead atoms. The van der Waals surface area contributed by atoms with Crippen molar-refractivity contribution in [2.75, 3.05) is 5.32 Å². The average molecular weight is 396 g/mol. The van der Waals surface area contributed by atoms with E-state index in [0.717, 1.165) is 34.3 Å². The first kappa shape index (κ1) is 19.6. The van der Waals surface area contributed by atoms with Gasteiger partial charge in [0, 0.05) is 30.5 Å². The number of amides is 1. The van der Waals surface area contributed by atoms with Gasteiger partial charge in [-0.15, -0.1) is 10.2 Å². The highest BCUT2D eigenvalue weighted by atomic mass is 32.2. The van der Waals surface area contributed by atoms with Gasteiger partial charge in [0.15, 0.2) is 11.0 Å². The van der Waals surface area contributed by atoms with Crippen molar-refractivity contribution in [1.29, 1.82) is 0 Å². The third kappa shape index (κ3) is 4.58. The summed E-state index contributed by atoms with van der Waals surface area (Å²) in [5.74, 6) is 0.388. The zero-order chi connectivity index (χ0) is 20.1. The van der Waals surface area contributed by atoms with Crippen LogP contribution in [0.2, 0.25) is 0 Å². The topological polar surface area (TPSA) is 97.1 Å². The first-order valence-electron chi connectivity index (χ1n) is 8.74. The number of carboxylic acids is 1. The van der Waals surface area contributed by atoms with Gasteiger partial charge in [-0.2, -0.15) is 0 Å². The van der Waals surface area contributed by atoms with Crippen molar-refractivity contribution in [2.24, 2.45) is 0 Å². The van der Waals surface area contributed by atoms with Crippen molar-refractivity contribution in [3.63, 3.8) is 0 Å². The number of aromatic nitrogens is 3. The van der Waals surface area contributed by atoms with Crippen molar-refractivity contribution in [1.82, 2.24) is 14.8 Å². The lowest BCUT2D eigenvalue weighted by Gasteiger charge is -2.08. The second kappa shape index (κ2) is 8.71. The Morgan fingerprint density at radius 2 is 1.75 bits per heavy atom. The molecular weight excluding hydrogens is 376 g/mol. The molecule has 2 N–H and O–H groups in total. The van der Waals surface area contributed by atoms with Gasteiger partial charge < -0.3 is 15.0 Å². The number of nitrogens with one attached hydrogen (secondary N) is 1. The number of thioether (sulfide) groups is 1. The van der Waals surface area contributed by atoms with E-state index in [2.05, 4.69) is 15.5 Å². The highest BCUT2D eigenvalue weighted by molar-refractivity contribution is 7.98. The smallest absolute Gasteiger partial charge is 0.335 e. The van der Waals surface area contributed by atoms with Crippen molar-refractivity contribution in [3.8, 4) is 11.4 Å². The maximum absolute atomic E-state index is 11.1. The van der Waals surface area contributed by atoms with Gasteiger partial charge in [-0.05, 0) is 48.9 Å². The van der Waals surface area contributed by atoms with E-state index < -0.39 is 5.97 Å². The molecule has 0 saturated carbocycles. The Hall–Kier alpha value is -3.13. The van der Waals surface area contributed by atoms with Crippen LogP contribution in [0.4, 0.5) is 5.69 Å². The molecule has 8 heteroatoms. The normalized spacial score (nSPS) is 10.6. The zero-order valence-corrected chi connectivity index (χ0v) is 16.4. The quantitative estimate of drug-likeness (QED) is 0.588. The van der Waals surface area contributed by atoms with Crippen LogP contribution in [-0.4, -0.2) is 31.7 Å². The summed E-state index contributed by atoms with van der Waals surface area (Å²) in [4.78, 5) is 22.1. The SMILES string of the molecule is CCn1c(SCc2ccc(C(=O)O)cc2)nnc1-c1ccc(NC(C)=O)cc1. The Kier molecular flexibility index (Phi) is 6.10. The predicted molar refractivity (Wildman–Crippen MR) is 108 cm³/mol. The van der Waals surface area contributed by atoms with Crippen molar-refractivity contribution >= 4 is 29.3 Å². The Morgan fingerprint density at radius 3 is 2.32 bits per heavy atom. The van der Waals surface area contributed by atoms with Crippen molar-refractivity contribution in [2.45, 2.75) is 31.3 Å². The molecular formula is C20H20N4O3S. The van der Waals surface area contributed by atoms with E-state index in [0.29, 0.717) is 5.75 Å². The van der Waals surface area contributed by atoms with Crippen LogP contribution in [0.25, 0.3) is 11.4 Å². The molecule has 28 heavy (non-hydrogen) atoms. The van der Waals surface area contributed by atoms with E-state index in [-0.39, 0.29) is 11.5 Å². The number of rotatable bonds is 7. The Morgan fingerprint density at radius 1 is 1.07 bits per heavy atom. The van der Waals surface area contributed by atoms with Gasteiger partial charge in [-0.1, -0.05) is 23.9 Å². The third-order valence-electron chi connectivity index (χ3n) is 4.07. The summed E-state index contributed by atoms with van der Waals surface area (Å²) in [6, 6.07) is 14.3. The van der Waals surface area contributed by atoms with Crippen molar-refractivity contribution < 1.29 is 14.7 Å². The maximum atomic E-state index is 11.1. The van der Waals surface area contributed by atoms with Crippen LogP contribution >= 0.6 is 11.8 Å². The first-order chi connectivity index (χ1) is 13.5. The minimum absolute atomic E-state index is 0.112. The molecule has 144 valence electrons. The number of carbonyl (C=O) groups excluding carboxylic acids is 1. The number of carboxylic acid groups (broad SMARTS) is 1. The van der Waals surface area contributed by atoms with Crippen LogP contribution < -0.4 is 5.32 Å². The van der Waals surface area contributed by atoms with E-state index >= 15 is 0 Å². The minimum atomic E-state index is -0.931. The fourth-order valence-electron chi connectivity index (χ4n) is 2.69. The van der Waals surface area contributed by atoms with Crippen LogP contribution in [0.15, 0.2) is 53.7 Å². The fourth-order valence-corrected chi connectivity index (χ4v) is 3.65. The van der Waals surface area contributed by atoms with E-state index in [9.17, 15) is 9.59 Å². The lowest BCUT2D eigenvalue weighted by atomic mass is 10.1. The number of aromatic carboxylic acids is 1. The molecule has 1 amide bonds. The summed E-state index contributed by atoms with van der Waals surface area (Å²) in [6.07, 6.45) is 0. The second-order valence-corrected chi connectivity index (χ2v) is 7.04. The van der Waals surface area contributed by atoms with Gasteiger partial charge in [0.05, 0.1) is 5.56 Å². The molecule has 0 aliphatic heterocycles. The van der Waals surface area contributed by atoms with E-state index in [1.54, 1.807) is 23.9 Å². The van der Waals surface area contributed by atoms with Gasteiger partial charge in [0.25, 0.3) is 0 Å². The number of hydrogen-bond donors (Lipinski definition) is 2. The summed E-state index contributed by atoms with van der Waals surface area (Å²) >= 11 is 1.55. The monoisotopic (exact) mass is 396 g/mol. The zero-order valence-electron chi connectivity index (χ0n) is 15.5. The molecule has 3 rings (SSSR count). The van der Waals surface area contributed by atoms with Gasteiger partial charge in [0.1, 0.15) is 0 Å². The molecule has 0 spiro atoms. The number of nitrogens with zero attached hydrogens (tertiary/aromatic N) is 3. The molecule has 0 unspecified atom stereocenters. The lowest BCUT2D eigenvalue weighted by Crippen LogP contribution is -2.05. The highest BCUT2D eigenvalue weighted by Gasteiger charge is 2.13. The standard InChI is InChI=1S/C20H20N4O3S/c1-3-24-18(15-8-10-17(11-9-15)21-13(2)25)22-23-20(24)28-12-14-4-6-16(7-5-14)19(26)27/h4-11H,3,12H2,1-2H3,(H,21,25)(H,26,27). The van der Waals surface area contributed by atoms with Crippen LogP contribution in [0, 0.1) is 0 Å². The maximum Gasteiger partial charge on any atom is 0.335 e. The second-order valence-electron chi connectivity index (χ2n) is 6.10. The van der Waals surface area contributed by atoms with E-state index in [1.807, 2.05) is 47.9 Å². The van der Waals surface area contributed by atoms with Crippen LogP contribution in [0.5, 0.6) is 0 Å². The molecule has 0 radical (unpaired) electrons. The molecule has 7 nitrogen and oxygen atoms in total. The van der Waals surface area contributed by atoms with Crippen LogP contribution in [0.1, 0.15) is 29.8 Å². The molecule has 0 saturated heterocycles. The molecule has 1 aromatic heterocycles. The third-order valence-corrected chi connectivity index (χ3v) is 5.10. The van der Waals surface area contributed by atoms with Gasteiger partial charge in [0.2, 0.25) is 5.91 Å². The molecule has 0 aliphatic carbocycles. The fraction of sp³-hybridized carbons (Fsp3) is 0.200. The van der Waals surface area contributed by atoms with Gasteiger partial charge in [-0.3, -0.25) is 4.79 Å². The van der Waals surface area contributed by atoms with Crippen LogP contribution in [-0.2, 0) is 17.1 Å². The summed E-state index contributed by atoms with van der Waals surface area (Å²) in [5, 5.41) is 21.1. The molecule has 0 atom stereocenters. The minimum Gasteiger partial charge on any atom is -0.478 e. The highest BCUT2D eigenvalue weighted by Crippen LogP contribution is 2.27. The van der Waals surface area contributed by atoms with Gasteiger partial charge in [-0.25, -0.2) is 4.79 Å². The van der Waals surface area contributed by atoms with Crippen molar-refractivity contribution in [3.05, 3.63) is 59.7 Å². The van der Waals surface area contributed by atoms with Crippen LogP contribution in [0.3, 0.4) is 0 Å². The average Bonchev–Trinajstić information content (AvgIpc) is 3.09. The predicted octanol–water partition coefficient (Wildman–Crippen LogP) is 3.91. The molecule has 3 aromatic rings. The number of carbonyl (C=O) groups is 2. The number of anilines is 1. The lowest BCUT2D eigenvalue weighted by molar-refractivity contribution is -0.114. The number of hydrogen-bond acceptors (Lipinski definition) is 5. The molecule has 1 heterocycles. The van der Waals surface area contributed by atoms with E-state index in [1.165, 1.54) is 6.92 Å². The summed E-state index contributed by atoms with van der Waals surface area (Å²) < 4.78 is 2.03. The number of benzene rings is 2. The molecule has 0 fully saturated rings. The summed E-state index contributed by atoms with van der Waals surface area (Å²) in [6.45, 7) is 4.22.